The van der Waals surface area contributed by atoms with E-state index < -0.39 is 24.4 Å². The number of hydrogen-bond acceptors (Lipinski definition) is 7. The number of aromatic nitrogens is 3. The van der Waals surface area contributed by atoms with Gasteiger partial charge < -0.3 is 20.1 Å². The molecule has 0 aliphatic heterocycles. The first kappa shape index (κ1) is 29.4. The maximum absolute atomic E-state index is 11.8. The van der Waals surface area contributed by atoms with Gasteiger partial charge in [-0.3, -0.25) is 0 Å². The third-order valence-corrected chi connectivity index (χ3v) is 7.76. The van der Waals surface area contributed by atoms with Crippen LogP contribution in [-0.2, 0) is 11.8 Å². The number of anilines is 1. The van der Waals surface area contributed by atoms with Crippen molar-refractivity contribution in [3.8, 4) is 16.9 Å². The van der Waals surface area contributed by atoms with Crippen LogP contribution in [0.1, 0.15) is 65.1 Å². The predicted octanol–water partition coefficient (Wildman–Crippen LogP) is 7.01. The fourth-order valence-electron chi connectivity index (χ4n) is 5.27. The lowest BCUT2D eigenvalue weighted by Crippen LogP contribution is -2.28. The number of aryl methyl sites for hydroxylation is 1. The highest BCUT2D eigenvalue weighted by atomic mass is 35.5. The lowest BCUT2D eigenvalue weighted by Gasteiger charge is -2.29. The number of alkyl halides is 3. The molecule has 0 bridgehead atoms. The molecule has 1 fully saturated rings. The summed E-state index contributed by atoms with van der Waals surface area (Å²) in [5, 5.41) is 12.6. The van der Waals surface area contributed by atoms with Gasteiger partial charge in [0.25, 0.3) is 0 Å². The normalized spacial score (nSPS) is 15.2. The third-order valence-electron chi connectivity index (χ3n) is 7.47. The molecule has 0 saturated heterocycles. The second-order valence-electron chi connectivity index (χ2n) is 10.7. The number of nitrogen functional groups attached to an aromatic ring is 1. The molecule has 12 heteroatoms. The van der Waals surface area contributed by atoms with E-state index in [1.807, 2.05) is 6.92 Å². The largest absolute Gasteiger partial charge is 0.482 e. The van der Waals surface area contributed by atoms with Crippen molar-refractivity contribution in [2.75, 3.05) is 12.3 Å². The molecule has 2 aliphatic rings. The summed E-state index contributed by atoms with van der Waals surface area (Å²) >= 11 is 5.48. The van der Waals surface area contributed by atoms with Gasteiger partial charge in [0.05, 0.1) is 11.6 Å². The van der Waals surface area contributed by atoms with Crippen molar-refractivity contribution in [2.24, 2.45) is 5.92 Å². The first-order valence-corrected chi connectivity index (χ1v) is 13.6. The monoisotopic (exact) mass is 600 g/mol. The summed E-state index contributed by atoms with van der Waals surface area (Å²) < 4.78 is 45.1. The quantitative estimate of drug-likeness (QED) is 0.191. The number of nitrogens with two attached hydrogens (primary N) is 1. The number of carbonyl (C=O) groups is 1. The van der Waals surface area contributed by atoms with Crippen molar-refractivity contribution in [2.45, 2.75) is 51.1 Å². The molecule has 2 heterocycles. The average Bonchev–Trinajstić information content (AvgIpc) is 3.49. The summed E-state index contributed by atoms with van der Waals surface area (Å²) in [4.78, 5) is 18.5. The van der Waals surface area contributed by atoms with Crippen molar-refractivity contribution < 1.29 is 32.3 Å². The first-order chi connectivity index (χ1) is 19.9. The van der Waals surface area contributed by atoms with E-state index in [2.05, 4.69) is 63.2 Å². The van der Waals surface area contributed by atoms with Crippen LogP contribution in [0.4, 0.5) is 18.9 Å². The molecule has 42 heavy (non-hydrogen) atoms. The Hall–Kier alpha value is -4.12. The predicted molar refractivity (Wildman–Crippen MR) is 150 cm³/mol. The molecular weight excluding hydrogens is 573 g/mol. The van der Waals surface area contributed by atoms with Crippen molar-refractivity contribution in [3.05, 3.63) is 87.8 Å². The highest BCUT2D eigenvalue weighted by molar-refractivity contribution is 6.32. The first-order valence-electron chi connectivity index (χ1n) is 13.2. The number of benzene rings is 2. The second-order valence-corrected chi connectivity index (χ2v) is 11.1. The van der Waals surface area contributed by atoms with E-state index in [1.165, 1.54) is 35.1 Å². The summed E-state index contributed by atoms with van der Waals surface area (Å²) in [5.41, 5.74) is 13.2. The molecule has 0 spiro atoms. The molecule has 2 aromatic carbocycles. The Balaban J connectivity index is 0.000000191. The smallest absolute Gasteiger partial charge is 0.422 e. The molecule has 4 aromatic rings. The van der Waals surface area contributed by atoms with E-state index in [0.29, 0.717) is 5.89 Å². The Bertz CT molecular complexity index is 1640. The van der Waals surface area contributed by atoms with Crippen molar-refractivity contribution >= 4 is 23.3 Å². The Morgan fingerprint density at radius 1 is 1.19 bits per heavy atom. The summed E-state index contributed by atoms with van der Waals surface area (Å²) in [6, 6.07) is 13.8. The zero-order valence-corrected chi connectivity index (χ0v) is 23.6. The summed E-state index contributed by atoms with van der Waals surface area (Å²) in [6.07, 6.45) is 0.871. The molecular formula is C30H28ClF3N4O4. The third kappa shape index (κ3) is 6.20. The molecule has 220 valence electrons. The van der Waals surface area contributed by atoms with Gasteiger partial charge in [-0.15, -0.1) is 0 Å². The van der Waals surface area contributed by atoms with Crippen LogP contribution >= 0.6 is 11.6 Å². The van der Waals surface area contributed by atoms with E-state index in [9.17, 15) is 18.0 Å². The highest BCUT2D eigenvalue weighted by Crippen LogP contribution is 2.49. The lowest BCUT2D eigenvalue weighted by atomic mass is 9.75. The Labute approximate surface area is 244 Å². The van der Waals surface area contributed by atoms with Crippen LogP contribution in [0.15, 0.2) is 53.2 Å². The van der Waals surface area contributed by atoms with Gasteiger partial charge in [0.1, 0.15) is 10.8 Å². The van der Waals surface area contributed by atoms with Crippen molar-refractivity contribution in [3.63, 3.8) is 0 Å². The molecule has 8 nitrogen and oxygen atoms in total. The Morgan fingerprint density at radius 2 is 1.93 bits per heavy atom. The molecule has 3 N–H and O–H groups in total. The number of pyridine rings is 1. The van der Waals surface area contributed by atoms with Crippen LogP contribution in [0.5, 0.6) is 5.75 Å². The Kier molecular flexibility index (Phi) is 7.89. The minimum Gasteiger partial charge on any atom is -0.482 e. The minimum absolute atomic E-state index is 0.186. The minimum atomic E-state index is -4.52. The zero-order valence-electron chi connectivity index (χ0n) is 22.8. The number of halogens is 4. The summed E-state index contributed by atoms with van der Waals surface area (Å²) in [7, 11) is 0. The summed E-state index contributed by atoms with van der Waals surface area (Å²) in [5.74, 6) is 0.335. The van der Waals surface area contributed by atoms with Gasteiger partial charge in [0.2, 0.25) is 5.89 Å². The second kappa shape index (κ2) is 11.3. The van der Waals surface area contributed by atoms with E-state index in [4.69, 9.17) is 27.0 Å². The fraction of sp³-hybridized carbons (Fsp3) is 0.333. The van der Waals surface area contributed by atoms with Gasteiger partial charge in [-0.25, -0.2) is 9.78 Å². The molecule has 0 radical (unpaired) electrons. The van der Waals surface area contributed by atoms with Gasteiger partial charge in [-0.1, -0.05) is 66.0 Å². The maximum Gasteiger partial charge on any atom is 0.422 e. The molecule has 6 rings (SSSR count). The lowest BCUT2D eigenvalue weighted by molar-refractivity contribution is -0.153. The highest BCUT2D eigenvalue weighted by Gasteiger charge is 2.41. The fourth-order valence-corrected chi connectivity index (χ4v) is 5.43. The van der Waals surface area contributed by atoms with Crippen LogP contribution in [0.2, 0.25) is 5.02 Å². The number of nitrogens with zero attached hydrogens (tertiary/aromatic N) is 3. The van der Waals surface area contributed by atoms with Gasteiger partial charge in [-0.2, -0.15) is 18.2 Å². The maximum atomic E-state index is 11.8. The zero-order chi connectivity index (χ0) is 30.2. The molecule has 2 aromatic heterocycles. The number of carboxylic acids is 1. The molecule has 1 unspecified atom stereocenters. The summed E-state index contributed by atoms with van der Waals surface area (Å²) in [6.45, 7) is 2.52. The number of carboxylic acid groups (broad SMARTS) is 1. The van der Waals surface area contributed by atoms with Crippen LogP contribution < -0.4 is 10.5 Å². The van der Waals surface area contributed by atoms with E-state index in [-0.39, 0.29) is 16.2 Å². The van der Waals surface area contributed by atoms with Crippen LogP contribution in [0.25, 0.3) is 11.1 Å². The molecule has 2 aliphatic carbocycles. The standard InChI is InChI=1S/C22H23N3O.C8H5ClF3NO3/c1-13-24-21(25-26-13)22(2,12-14-7-8-14)19-10-9-17-16-6-4-3-5-15(16)11-18(17)20(19)23;9-4-2-13-5(7(14)15)1-6(4)16-3-8(10,11)12/h3-6,9-10,14H,7-8,11-12,23H2,1-2H3;1-2H,3H2,(H,14,15). The van der Waals surface area contributed by atoms with Gasteiger partial charge in [0, 0.05) is 25.1 Å². The number of hydrogen-bond donors (Lipinski definition) is 2. The molecule has 1 atom stereocenters. The van der Waals surface area contributed by atoms with Gasteiger partial charge in [0.15, 0.2) is 18.1 Å². The molecule has 0 amide bonds. The SMILES string of the molecule is Cc1nc(C(C)(CC2CC2)c2ccc3c(c2N)Cc2ccccc2-3)no1.O=C(O)c1cc(OCC(F)(F)F)c(Cl)cn1. The van der Waals surface area contributed by atoms with E-state index >= 15 is 0 Å². The number of aromatic carboxylic acids is 1. The Morgan fingerprint density at radius 3 is 2.57 bits per heavy atom. The number of fused-ring (bicyclic) bond motifs is 3. The topological polar surface area (TPSA) is 124 Å². The van der Waals surface area contributed by atoms with E-state index in [1.54, 1.807) is 0 Å². The van der Waals surface area contributed by atoms with Gasteiger partial charge >= 0.3 is 12.1 Å². The van der Waals surface area contributed by atoms with Crippen molar-refractivity contribution in [1.29, 1.82) is 0 Å². The van der Waals surface area contributed by atoms with Crippen molar-refractivity contribution in [1.82, 2.24) is 15.1 Å². The van der Waals surface area contributed by atoms with Crippen LogP contribution in [0, 0.1) is 12.8 Å². The average molecular weight is 601 g/mol. The number of ether oxygens (including phenoxy) is 1. The van der Waals surface area contributed by atoms with Crippen LogP contribution in [0.3, 0.4) is 0 Å². The van der Waals surface area contributed by atoms with Crippen LogP contribution in [-0.4, -0.2) is 39.0 Å². The number of rotatable bonds is 7. The van der Waals surface area contributed by atoms with Gasteiger partial charge in [-0.05, 0) is 47.1 Å². The molecule has 1 saturated carbocycles. The van der Waals surface area contributed by atoms with E-state index in [0.717, 1.165) is 48.1 Å².